The van der Waals surface area contributed by atoms with E-state index in [-0.39, 0.29) is 18.2 Å². The van der Waals surface area contributed by atoms with Crippen LogP contribution in [0.3, 0.4) is 0 Å². The van der Waals surface area contributed by atoms with E-state index in [2.05, 4.69) is 10.3 Å². The Kier molecular flexibility index (Phi) is 6.03. The van der Waals surface area contributed by atoms with E-state index in [0.29, 0.717) is 12.2 Å². The summed E-state index contributed by atoms with van der Waals surface area (Å²) in [5.41, 5.74) is 6.31. The molecule has 4 N–H and O–H groups in total. The summed E-state index contributed by atoms with van der Waals surface area (Å²) in [4.78, 5) is 15.6. The normalized spacial score (nSPS) is 10.2. The zero-order valence-electron chi connectivity index (χ0n) is 9.85. The molecule has 0 fully saturated rings. The summed E-state index contributed by atoms with van der Waals surface area (Å²) in [6.45, 7) is 0.844. The highest BCUT2D eigenvalue weighted by Gasteiger charge is 2.09. The number of unbranched alkanes of at least 4 members (excludes halogenated alkanes) is 3. The molecule has 5 heteroatoms. The van der Waals surface area contributed by atoms with Gasteiger partial charge in [0.2, 0.25) is 0 Å². The van der Waals surface area contributed by atoms with Gasteiger partial charge in [0.15, 0.2) is 5.69 Å². The van der Waals surface area contributed by atoms with Gasteiger partial charge in [-0.2, -0.15) is 0 Å². The number of carbonyl (C=O) groups is 1. The molecule has 1 aromatic heterocycles. The minimum Gasteiger partial charge on any atom is -0.397 e. The molecule has 17 heavy (non-hydrogen) atoms. The highest BCUT2D eigenvalue weighted by Crippen LogP contribution is 2.06. The SMILES string of the molecule is Nc1cccnc1C(=O)NCCCCCCO. The van der Waals surface area contributed by atoms with Gasteiger partial charge in [0.05, 0.1) is 5.69 Å². The molecular formula is C12H19N3O2. The quantitative estimate of drug-likeness (QED) is 0.616. The number of pyridine rings is 1. The lowest BCUT2D eigenvalue weighted by Crippen LogP contribution is -2.26. The summed E-state index contributed by atoms with van der Waals surface area (Å²) in [6, 6.07) is 3.35. The van der Waals surface area contributed by atoms with Gasteiger partial charge < -0.3 is 16.2 Å². The van der Waals surface area contributed by atoms with Crippen molar-refractivity contribution in [3.05, 3.63) is 24.0 Å². The lowest BCUT2D eigenvalue weighted by molar-refractivity contribution is 0.0949. The number of rotatable bonds is 7. The van der Waals surface area contributed by atoms with Crippen LogP contribution in [-0.4, -0.2) is 29.1 Å². The summed E-state index contributed by atoms with van der Waals surface area (Å²) in [5, 5.41) is 11.4. The van der Waals surface area contributed by atoms with E-state index >= 15 is 0 Å². The molecule has 0 unspecified atom stereocenters. The van der Waals surface area contributed by atoms with Gasteiger partial charge in [-0.1, -0.05) is 12.8 Å². The topological polar surface area (TPSA) is 88.2 Å². The molecule has 1 aromatic rings. The first-order valence-corrected chi connectivity index (χ1v) is 5.85. The molecule has 5 nitrogen and oxygen atoms in total. The van der Waals surface area contributed by atoms with Crippen molar-refractivity contribution in [3.63, 3.8) is 0 Å². The maximum Gasteiger partial charge on any atom is 0.272 e. The van der Waals surface area contributed by atoms with Gasteiger partial charge >= 0.3 is 0 Å². The van der Waals surface area contributed by atoms with Crippen LogP contribution in [0.25, 0.3) is 0 Å². The number of hydrogen-bond donors (Lipinski definition) is 3. The van der Waals surface area contributed by atoms with Gasteiger partial charge in [-0.05, 0) is 25.0 Å². The number of nitrogens with two attached hydrogens (primary N) is 1. The maximum absolute atomic E-state index is 11.7. The van der Waals surface area contributed by atoms with Gasteiger partial charge in [-0.3, -0.25) is 4.79 Å². The average molecular weight is 237 g/mol. The largest absolute Gasteiger partial charge is 0.397 e. The minimum atomic E-state index is -0.231. The van der Waals surface area contributed by atoms with Crippen LogP contribution in [0, 0.1) is 0 Å². The Bertz CT molecular complexity index is 355. The number of aromatic nitrogens is 1. The molecule has 1 rings (SSSR count). The van der Waals surface area contributed by atoms with Crippen molar-refractivity contribution in [2.24, 2.45) is 0 Å². The van der Waals surface area contributed by atoms with Crippen LogP contribution >= 0.6 is 0 Å². The fraction of sp³-hybridized carbons (Fsp3) is 0.500. The van der Waals surface area contributed by atoms with Crippen LogP contribution in [0.2, 0.25) is 0 Å². The van der Waals surface area contributed by atoms with E-state index in [1.54, 1.807) is 18.3 Å². The molecule has 1 amide bonds. The molecule has 0 aromatic carbocycles. The molecule has 0 bridgehead atoms. The second-order valence-corrected chi connectivity index (χ2v) is 3.83. The third kappa shape index (κ3) is 4.82. The third-order valence-corrected chi connectivity index (χ3v) is 2.42. The van der Waals surface area contributed by atoms with E-state index in [9.17, 15) is 4.79 Å². The Hall–Kier alpha value is -1.62. The van der Waals surface area contributed by atoms with E-state index in [0.717, 1.165) is 25.7 Å². The first-order chi connectivity index (χ1) is 8.25. The average Bonchev–Trinajstić information content (AvgIpc) is 2.34. The van der Waals surface area contributed by atoms with Gasteiger partial charge in [0, 0.05) is 19.3 Å². The number of amides is 1. The van der Waals surface area contributed by atoms with Crippen molar-refractivity contribution in [3.8, 4) is 0 Å². The van der Waals surface area contributed by atoms with E-state index in [1.165, 1.54) is 0 Å². The van der Waals surface area contributed by atoms with Gasteiger partial charge in [0.1, 0.15) is 0 Å². The Morgan fingerprint density at radius 3 is 2.82 bits per heavy atom. The molecule has 0 spiro atoms. The summed E-state index contributed by atoms with van der Waals surface area (Å²) in [6.07, 6.45) is 5.25. The number of hydrogen-bond acceptors (Lipinski definition) is 4. The van der Waals surface area contributed by atoms with Crippen LogP contribution in [0.4, 0.5) is 5.69 Å². The molecule has 0 aliphatic heterocycles. The number of carbonyl (C=O) groups excluding carboxylic acids is 1. The number of anilines is 1. The highest BCUT2D eigenvalue weighted by molar-refractivity contribution is 5.96. The molecule has 1 heterocycles. The zero-order chi connectivity index (χ0) is 12.5. The molecule has 0 radical (unpaired) electrons. The van der Waals surface area contributed by atoms with Crippen LogP contribution in [-0.2, 0) is 0 Å². The smallest absolute Gasteiger partial charge is 0.272 e. The lowest BCUT2D eigenvalue weighted by atomic mass is 10.2. The first-order valence-electron chi connectivity index (χ1n) is 5.85. The van der Waals surface area contributed by atoms with Crippen LogP contribution in [0.1, 0.15) is 36.2 Å². The third-order valence-electron chi connectivity index (χ3n) is 2.42. The van der Waals surface area contributed by atoms with Gasteiger partial charge in [0.25, 0.3) is 5.91 Å². The molecule has 0 aliphatic rings. The van der Waals surface area contributed by atoms with Gasteiger partial charge in [-0.15, -0.1) is 0 Å². The van der Waals surface area contributed by atoms with Crippen LogP contribution in [0.15, 0.2) is 18.3 Å². The second-order valence-electron chi connectivity index (χ2n) is 3.83. The van der Waals surface area contributed by atoms with E-state index in [4.69, 9.17) is 10.8 Å². The molecule has 94 valence electrons. The van der Waals surface area contributed by atoms with E-state index in [1.807, 2.05) is 0 Å². The second kappa shape index (κ2) is 7.62. The predicted octanol–water partition coefficient (Wildman–Crippen LogP) is 0.946. The minimum absolute atomic E-state index is 0.231. The maximum atomic E-state index is 11.7. The Balaban J connectivity index is 2.24. The number of nitrogens with one attached hydrogen (secondary N) is 1. The van der Waals surface area contributed by atoms with Gasteiger partial charge in [-0.25, -0.2) is 4.98 Å². The Morgan fingerprint density at radius 1 is 1.35 bits per heavy atom. The molecule has 0 aliphatic carbocycles. The summed E-state index contributed by atoms with van der Waals surface area (Å²) >= 11 is 0. The van der Waals surface area contributed by atoms with Crippen LogP contribution < -0.4 is 11.1 Å². The number of nitrogens with zero attached hydrogens (tertiary/aromatic N) is 1. The predicted molar refractivity (Wildman–Crippen MR) is 66.5 cm³/mol. The number of aliphatic hydroxyl groups is 1. The molecule has 0 saturated heterocycles. The van der Waals surface area contributed by atoms with Crippen LogP contribution in [0.5, 0.6) is 0 Å². The Labute approximate surface area is 101 Å². The standard InChI is InChI=1S/C12H19N3O2/c13-10-6-5-8-14-11(10)12(17)15-7-3-1-2-4-9-16/h5-6,8,16H,1-4,7,9,13H2,(H,15,17). The summed E-state index contributed by atoms with van der Waals surface area (Å²) in [5.74, 6) is -0.231. The van der Waals surface area contributed by atoms with Crippen molar-refractivity contribution in [2.45, 2.75) is 25.7 Å². The molecular weight excluding hydrogens is 218 g/mol. The molecule has 0 saturated carbocycles. The van der Waals surface area contributed by atoms with Crippen molar-refractivity contribution in [1.82, 2.24) is 10.3 Å². The fourth-order valence-electron chi connectivity index (χ4n) is 1.48. The zero-order valence-corrected chi connectivity index (χ0v) is 9.85. The van der Waals surface area contributed by atoms with Crippen molar-refractivity contribution >= 4 is 11.6 Å². The van der Waals surface area contributed by atoms with E-state index < -0.39 is 0 Å². The number of aliphatic hydroxyl groups excluding tert-OH is 1. The Morgan fingerprint density at radius 2 is 2.12 bits per heavy atom. The van der Waals surface area contributed by atoms with Crippen molar-refractivity contribution in [2.75, 3.05) is 18.9 Å². The summed E-state index contributed by atoms with van der Waals surface area (Å²) < 4.78 is 0. The monoisotopic (exact) mass is 237 g/mol. The lowest BCUT2D eigenvalue weighted by Gasteiger charge is -2.06. The first kappa shape index (κ1) is 13.4. The van der Waals surface area contributed by atoms with Crippen molar-refractivity contribution < 1.29 is 9.90 Å². The summed E-state index contributed by atoms with van der Waals surface area (Å²) in [7, 11) is 0. The number of nitrogen functional groups attached to an aromatic ring is 1. The molecule has 0 atom stereocenters. The highest BCUT2D eigenvalue weighted by atomic mass is 16.2. The fourth-order valence-corrected chi connectivity index (χ4v) is 1.48. The van der Waals surface area contributed by atoms with Crippen molar-refractivity contribution in [1.29, 1.82) is 0 Å².